The number of aromatic nitrogens is 2. The maximum atomic E-state index is 5.84. The van der Waals surface area contributed by atoms with Gasteiger partial charge in [-0.15, -0.1) is 0 Å². The van der Waals surface area contributed by atoms with Gasteiger partial charge in [0.25, 0.3) is 0 Å². The number of nitrogens with zero attached hydrogens (tertiary/aromatic N) is 3. The van der Waals surface area contributed by atoms with E-state index < -0.39 is 0 Å². The SMILES string of the molecule is Cc1ccc(N2C(=S)N[C@H](c3ccccn3)[C@H]2c2cc(C)n(C3CC3)c2C)cc1. The smallest absolute Gasteiger partial charge is 0.174 e. The van der Waals surface area contributed by atoms with Crippen LogP contribution in [0.2, 0.25) is 0 Å². The first-order chi connectivity index (χ1) is 14.0. The largest absolute Gasteiger partial charge is 0.351 e. The number of aryl methyl sites for hydroxylation is 2. The Morgan fingerprint density at radius 3 is 2.45 bits per heavy atom. The van der Waals surface area contributed by atoms with E-state index in [4.69, 9.17) is 12.2 Å². The summed E-state index contributed by atoms with van der Waals surface area (Å²) in [6.45, 7) is 6.59. The van der Waals surface area contributed by atoms with Crippen LogP contribution in [0, 0.1) is 20.8 Å². The monoisotopic (exact) mass is 402 g/mol. The Morgan fingerprint density at radius 1 is 1.03 bits per heavy atom. The van der Waals surface area contributed by atoms with E-state index in [0.29, 0.717) is 6.04 Å². The van der Waals surface area contributed by atoms with Crippen LogP contribution in [0.5, 0.6) is 0 Å². The number of benzene rings is 1. The molecular weight excluding hydrogens is 376 g/mol. The summed E-state index contributed by atoms with van der Waals surface area (Å²) >= 11 is 5.84. The number of rotatable bonds is 4. The highest BCUT2D eigenvalue weighted by atomic mass is 32.1. The molecule has 3 aromatic rings. The molecule has 2 atom stereocenters. The molecule has 1 saturated carbocycles. The third-order valence-electron chi connectivity index (χ3n) is 6.16. The Kier molecular flexibility index (Phi) is 4.43. The van der Waals surface area contributed by atoms with E-state index in [1.165, 1.54) is 35.4 Å². The molecule has 0 unspecified atom stereocenters. The van der Waals surface area contributed by atoms with Crippen LogP contribution >= 0.6 is 12.2 Å². The minimum Gasteiger partial charge on any atom is -0.351 e. The van der Waals surface area contributed by atoms with Crippen LogP contribution in [0.4, 0.5) is 5.69 Å². The van der Waals surface area contributed by atoms with Crippen LogP contribution in [-0.4, -0.2) is 14.7 Å². The van der Waals surface area contributed by atoms with Gasteiger partial charge < -0.3 is 14.8 Å². The van der Waals surface area contributed by atoms with Gasteiger partial charge in [-0.2, -0.15) is 0 Å². The molecule has 1 saturated heterocycles. The molecule has 2 aliphatic rings. The van der Waals surface area contributed by atoms with Crippen LogP contribution in [0.15, 0.2) is 54.7 Å². The predicted molar refractivity (Wildman–Crippen MR) is 121 cm³/mol. The zero-order valence-corrected chi connectivity index (χ0v) is 17.9. The molecule has 3 heterocycles. The highest BCUT2D eigenvalue weighted by molar-refractivity contribution is 7.80. The third-order valence-corrected chi connectivity index (χ3v) is 6.48. The average Bonchev–Trinajstić information content (AvgIpc) is 3.43. The van der Waals surface area contributed by atoms with Crippen molar-refractivity contribution in [3.8, 4) is 0 Å². The summed E-state index contributed by atoms with van der Waals surface area (Å²) in [6.07, 6.45) is 4.42. The van der Waals surface area contributed by atoms with Gasteiger partial charge in [-0.25, -0.2) is 0 Å². The highest BCUT2D eigenvalue weighted by Crippen LogP contribution is 2.46. The fraction of sp³-hybridized carbons (Fsp3) is 0.333. The van der Waals surface area contributed by atoms with Gasteiger partial charge in [-0.3, -0.25) is 4.98 Å². The van der Waals surface area contributed by atoms with Crippen molar-refractivity contribution in [2.75, 3.05) is 4.90 Å². The van der Waals surface area contributed by atoms with Crippen molar-refractivity contribution in [2.45, 2.75) is 51.7 Å². The highest BCUT2D eigenvalue weighted by Gasteiger charge is 2.42. The first-order valence-corrected chi connectivity index (χ1v) is 10.7. The molecule has 2 aromatic heterocycles. The minimum atomic E-state index is 0.0122. The van der Waals surface area contributed by atoms with Gasteiger partial charge in [0.15, 0.2) is 5.11 Å². The van der Waals surface area contributed by atoms with Crippen LogP contribution in [0.3, 0.4) is 0 Å². The van der Waals surface area contributed by atoms with Crippen molar-refractivity contribution < 1.29 is 0 Å². The lowest BCUT2D eigenvalue weighted by Gasteiger charge is -2.28. The molecule has 1 aliphatic heterocycles. The van der Waals surface area contributed by atoms with Crippen molar-refractivity contribution in [3.05, 3.63) is 82.9 Å². The van der Waals surface area contributed by atoms with E-state index >= 15 is 0 Å². The summed E-state index contributed by atoms with van der Waals surface area (Å²) in [4.78, 5) is 6.93. The number of pyridine rings is 1. The molecule has 1 aromatic carbocycles. The van der Waals surface area contributed by atoms with Crippen molar-refractivity contribution >= 4 is 23.0 Å². The molecule has 29 heavy (non-hydrogen) atoms. The topological polar surface area (TPSA) is 33.1 Å². The summed E-state index contributed by atoms with van der Waals surface area (Å²) in [7, 11) is 0. The summed E-state index contributed by atoms with van der Waals surface area (Å²) < 4.78 is 2.51. The molecule has 0 radical (unpaired) electrons. The van der Waals surface area contributed by atoms with Gasteiger partial charge in [0.1, 0.15) is 0 Å². The summed E-state index contributed by atoms with van der Waals surface area (Å²) in [5.74, 6) is 0. The number of nitrogens with one attached hydrogen (secondary N) is 1. The quantitative estimate of drug-likeness (QED) is 0.599. The van der Waals surface area contributed by atoms with Gasteiger partial charge in [-0.1, -0.05) is 23.8 Å². The van der Waals surface area contributed by atoms with Gasteiger partial charge in [0.2, 0.25) is 0 Å². The Morgan fingerprint density at radius 2 is 1.79 bits per heavy atom. The zero-order valence-electron chi connectivity index (χ0n) is 17.1. The molecule has 5 rings (SSSR count). The molecule has 0 bridgehead atoms. The lowest BCUT2D eigenvalue weighted by atomic mass is 9.96. The number of hydrogen-bond donors (Lipinski definition) is 1. The molecule has 1 N–H and O–H groups in total. The zero-order chi connectivity index (χ0) is 20.1. The molecule has 0 spiro atoms. The Hall–Kier alpha value is -2.66. The second-order valence-corrected chi connectivity index (χ2v) is 8.65. The second kappa shape index (κ2) is 6.99. The van der Waals surface area contributed by atoms with Crippen molar-refractivity contribution in [3.63, 3.8) is 0 Å². The molecule has 148 valence electrons. The first-order valence-electron chi connectivity index (χ1n) is 10.3. The van der Waals surface area contributed by atoms with Gasteiger partial charge in [-0.05, 0) is 81.7 Å². The fourth-order valence-electron chi connectivity index (χ4n) is 4.65. The first kappa shape index (κ1) is 18.4. The Labute approximate surface area is 177 Å². The normalized spacial score (nSPS) is 21.5. The van der Waals surface area contributed by atoms with E-state index in [1.807, 2.05) is 18.3 Å². The van der Waals surface area contributed by atoms with Gasteiger partial charge >= 0.3 is 0 Å². The molecule has 0 amide bonds. The van der Waals surface area contributed by atoms with E-state index in [1.54, 1.807) is 0 Å². The summed E-state index contributed by atoms with van der Waals surface area (Å²) in [5, 5.41) is 4.32. The van der Waals surface area contributed by atoms with Crippen LogP contribution in [0.1, 0.15) is 59.2 Å². The number of anilines is 1. The van der Waals surface area contributed by atoms with Crippen molar-refractivity contribution in [2.24, 2.45) is 0 Å². The van der Waals surface area contributed by atoms with Crippen LogP contribution in [0.25, 0.3) is 0 Å². The molecule has 5 heteroatoms. The Bertz CT molecular complexity index is 1050. The van der Waals surface area contributed by atoms with E-state index in [-0.39, 0.29) is 12.1 Å². The van der Waals surface area contributed by atoms with Crippen molar-refractivity contribution in [1.29, 1.82) is 0 Å². The molecule has 4 nitrogen and oxygen atoms in total. The standard InChI is InChI=1S/C24H26N4S/c1-15-7-9-19(10-8-15)28-23(20-14-16(2)27(17(20)3)18-11-12-18)22(26-24(28)29)21-6-4-5-13-25-21/h4-10,13-14,18,22-23H,11-12H2,1-3H3,(H,26,29)/t22-,23-/m1/s1. The van der Waals surface area contributed by atoms with E-state index in [0.717, 1.165) is 16.5 Å². The van der Waals surface area contributed by atoms with Gasteiger partial charge in [0, 0.05) is 29.3 Å². The third kappa shape index (κ3) is 3.14. The van der Waals surface area contributed by atoms with E-state index in [2.05, 4.69) is 76.9 Å². The van der Waals surface area contributed by atoms with Crippen molar-refractivity contribution in [1.82, 2.24) is 14.9 Å². The summed E-state index contributed by atoms with van der Waals surface area (Å²) in [5.41, 5.74) is 7.40. The fourth-order valence-corrected chi connectivity index (χ4v) is 5.00. The second-order valence-electron chi connectivity index (χ2n) is 8.26. The van der Waals surface area contributed by atoms with E-state index in [9.17, 15) is 0 Å². The maximum absolute atomic E-state index is 5.84. The molecule has 1 aliphatic carbocycles. The van der Waals surface area contributed by atoms with Crippen LogP contribution < -0.4 is 10.2 Å². The summed E-state index contributed by atoms with van der Waals surface area (Å²) in [6, 6.07) is 17.8. The predicted octanol–water partition coefficient (Wildman–Crippen LogP) is 5.32. The minimum absolute atomic E-state index is 0.0122. The number of thiocarbonyl (C=S) groups is 1. The van der Waals surface area contributed by atoms with Gasteiger partial charge in [0.05, 0.1) is 17.8 Å². The lowest BCUT2D eigenvalue weighted by molar-refractivity contribution is 0.562. The molecule has 2 fully saturated rings. The average molecular weight is 403 g/mol. The Balaban J connectivity index is 1.66. The number of hydrogen-bond acceptors (Lipinski definition) is 2. The molecular formula is C24H26N4S. The van der Waals surface area contributed by atoms with Crippen LogP contribution in [-0.2, 0) is 0 Å². The lowest BCUT2D eigenvalue weighted by Crippen LogP contribution is -2.29. The maximum Gasteiger partial charge on any atom is 0.174 e.